The Kier molecular flexibility index (Phi) is 4.80. The maximum absolute atomic E-state index is 13.9. The SMILES string of the molecule is COc1ccc(F)cc1-c1cccn2nc(Nc3ccc4c(c3)CCNCC4)nc12. The molecule has 152 valence electrons. The molecule has 0 bridgehead atoms. The Morgan fingerprint density at radius 3 is 2.77 bits per heavy atom. The molecule has 3 heterocycles. The van der Waals surface area contributed by atoms with Gasteiger partial charge in [0.05, 0.1) is 7.11 Å². The number of ether oxygens (including phenoxy) is 1. The Morgan fingerprint density at radius 2 is 1.90 bits per heavy atom. The number of hydrogen-bond acceptors (Lipinski definition) is 5. The molecule has 2 N–H and O–H groups in total. The van der Waals surface area contributed by atoms with E-state index in [1.807, 2.05) is 18.3 Å². The summed E-state index contributed by atoms with van der Waals surface area (Å²) in [7, 11) is 1.57. The van der Waals surface area contributed by atoms with Crippen LogP contribution in [0, 0.1) is 5.82 Å². The van der Waals surface area contributed by atoms with Crippen LogP contribution in [0.1, 0.15) is 11.1 Å². The first kappa shape index (κ1) is 18.6. The zero-order valence-electron chi connectivity index (χ0n) is 16.7. The van der Waals surface area contributed by atoms with E-state index in [0.717, 1.165) is 37.2 Å². The van der Waals surface area contributed by atoms with Crippen molar-refractivity contribution in [1.82, 2.24) is 19.9 Å². The lowest BCUT2D eigenvalue weighted by Gasteiger charge is -2.09. The molecule has 0 spiro atoms. The molecular formula is C23H22FN5O. The Labute approximate surface area is 173 Å². The Bertz CT molecular complexity index is 1220. The highest BCUT2D eigenvalue weighted by molar-refractivity contribution is 5.82. The minimum absolute atomic E-state index is 0.329. The third-order valence-corrected chi connectivity index (χ3v) is 5.42. The van der Waals surface area contributed by atoms with Gasteiger partial charge in [0.1, 0.15) is 11.6 Å². The summed E-state index contributed by atoms with van der Waals surface area (Å²) in [6.07, 6.45) is 3.87. The van der Waals surface area contributed by atoms with Crippen LogP contribution in [0.5, 0.6) is 5.75 Å². The molecule has 0 saturated carbocycles. The molecule has 0 amide bonds. The number of pyridine rings is 1. The molecule has 2 aromatic carbocycles. The fraction of sp³-hybridized carbons (Fsp3) is 0.217. The summed E-state index contributed by atoms with van der Waals surface area (Å²) in [6, 6.07) is 14.6. The fourth-order valence-corrected chi connectivity index (χ4v) is 3.94. The fourth-order valence-electron chi connectivity index (χ4n) is 3.94. The first-order valence-electron chi connectivity index (χ1n) is 10.00. The zero-order valence-corrected chi connectivity index (χ0v) is 16.7. The largest absolute Gasteiger partial charge is 0.496 e. The standard InChI is InChI=1S/C23H22FN5O/c1-30-21-7-5-17(24)14-20(21)19-3-2-12-29-22(19)27-23(28-29)26-18-6-4-15-8-10-25-11-9-16(15)13-18/h2-7,12-14,25H,8-11H2,1H3,(H,26,28). The lowest BCUT2D eigenvalue weighted by Crippen LogP contribution is -2.16. The highest BCUT2D eigenvalue weighted by atomic mass is 19.1. The van der Waals surface area contributed by atoms with Gasteiger partial charge in [-0.15, -0.1) is 5.10 Å². The molecule has 0 radical (unpaired) electrons. The summed E-state index contributed by atoms with van der Waals surface area (Å²) >= 11 is 0. The molecule has 6 nitrogen and oxygen atoms in total. The van der Waals surface area contributed by atoms with Crippen molar-refractivity contribution in [2.45, 2.75) is 12.8 Å². The molecule has 4 aromatic rings. The molecule has 0 unspecified atom stereocenters. The Hall–Kier alpha value is -3.45. The predicted octanol–water partition coefficient (Wildman–Crippen LogP) is 3.98. The number of aromatic nitrogens is 3. The highest BCUT2D eigenvalue weighted by Gasteiger charge is 2.15. The van der Waals surface area contributed by atoms with Crippen molar-refractivity contribution in [3.8, 4) is 16.9 Å². The number of benzene rings is 2. The van der Waals surface area contributed by atoms with Gasteiger partial charge in [0, 0.05) is 23.0 Å². The first-order valence-corrected chi connectivity index (χ1v) is 10.00. The van der Waals surface area contributed by atoms with Gasteiger partial charge in [-0.3, -0.25) is 0 Å². The average molecular weight is 403 g/mol. The normalized spacial score (nSPS) is 13.7. The van der Waals surface area contributed by atoms with E-state index in [4.69, 9.17) is 4.74 Å². The molecular weight excluding hydrogens is 381 g/mol. The Morgan fingerprint density at radius 1 is 1.03 bits per heavy atom. The van der Waals surface area contributed by atoms with Crippen LogP contribution < -0.4 is 15.4 Å². The van der Waals surface area contributed by atoms with E-state index in [-0.39, 0.29) is 5.82 Å². The van der Waals surface area contributed by atoms with E-state index in [1.165, 1.54) is 23.3 Å². The average Bonchev–Trinajstić information content (AvgIpc) is 3.02. The van der Waals surface area contributed by atoms with Crippen molar-refractivity contribution in [2.24, 2.45) is 0 Å². The minimum Gasteiger partial charge on any atom is -0.496 e. The molecule has 1 aliphatic heterocycles. The van der Waals surface area contributed by atoms with E-state index in [2.05, 4.69) is 38.9 Å². The quantitative estimate of drug-likeness (QED) is 0.540. The van der Waals surface area contributed by atoms with Crippen molar-refractivity contribution in [3.63, 3.8) is 0 Å². The summed E-state index contributed by atoms with van der Waals surface area (Å²) in [5.74, 6) is 0.746. The third-order valence-electron chi connectivity index (χ3n) is 5.42. The molecule has 30 heavy (non-hydrogen) atoms. The number of hydrogen-bond donors (Lipinski definition) is 2. The number of halogens is 1. The number of fused-ring (bicyclic) bond motifs is 2. The van der Waals surface area contributed by atoms with Crippen molar-refractivity contribution in [3.05, 3.63) is 71.7 Å². The van der Waals surface area contributed by atoms with Crippen molar-refractivity contribution >= 4 is 17.3 Å². The minimum atomic E-state index is -0.329. The lowest BCUT2D eigenvalue weighted by molar-refractivity contribution is 0.415. The number of methoxy groups -OCH3 is 1. The van der Waals surface area contributed by atoms with Crippen LogP contribution in [0.15, 0.2) is 54.7 Å². The van der Waals surface area contributed by atoms with Crippen LogP contribution in [-0.4, -0.2) is 34.8 Å². The number of nitrogens with one attached hydrogen (secondary N) is 2. The van der Waals surface area contributed by atoms with Gasteiger partial charge in [0.2, 0.25) is 5.95 Å². The molecule has 0 fully saturated rings. The van der Waals surface area contributed by atoms with Crippen molar-refractivity contribution in [1.29, 1.82) is 0 Å². The van der Waals surface area contributed by atoms with Gasteiger partial charge in [-0.05, 0) is 79.5 Å². The third kappa shape index (κ3) is 3.48. The van der Waals surface area contributed by atoms with Crippen molar-refractivity contribution < 1.29 is 9.13 Å². The van der Waals surface area contributed by atoms with E-state index in [1.54, 1.807) is 17.7 Å². The molecule has 7 heteroatoms. The topological polar surface area (TPSA) is 63.5 Å². The molecule has 0 aliphatic carbocycles. The van der Waals surface area contributed by atoms with E-state index < -0.39 is 0 Å². The van der Waals surface area contributed by atoms with Gasteiger partial charge in [-0.1, -0.05) is 6.07 Å². The van der Waals surface area contributed by atoms with Crippen LogP contribution >= 0.6 is 0 Å². The molecule has 1 aliphatic rings. The summed E-state index contributed by atoms with van der Waals surface area (Å²) in [4.78, 5) is 4.67. The molecule has 5 rings (SSSR count). The summed E-state index contributed by atoms with van der Waals surface area (Å²) < 4.78 is 21.0. The molecule has 0 atom stereocenters. The van der Waals surface area contributed by atoms with Gasteiger partial charge in [0.15, 0.2) is 5.65 Å². The van der Waals surface area contributed by atoms with Crippen LogP contribution in [-0.2, 0) is 12.8 Å². The first-order chi connectivity index (χ1) is 14.7. The van der Waals surface area contributed by atoms with Crippen LogP contribution in [0.25, 0.3) is 16.8 Å². The molecule has 0 saturated heterocycles. The van der Waals surface area contributed by atoms with Crippen molar-refractivity contribution in [2.75, 3.05) is 25.5 Å². The second-order valence-corrected chi connectivity index (χ2v) is 7.33. The van der Waals surface area contributed by atoms with E-state index in [9.17, 15) is 4.39 Å². The monoisotopic (exact) mass is 403 g/mol. The number of nitrogens with zero attached hydrogens (tertiary/aromatic N) is 3. The number of rotatable bonds is 4. The lowest BCUT2D eigenvalue weighted by atomic mass is 10.0. The zero-order chi connectivity index (χ0) is 20.5. The summed E-state index contributed by atoms with van der Waals surface area (Å²) in [6.45, 7) is 2.00. The molecule has 2 aromatic heterocycles. The maximum atomic E-state index is 13.9. The van der Waals surface area contributed by atoms with Crippen LogP contribution in [0.2, 0.25) is 0 Å². The second-order valence-electron chi connectivity index (χ2n) is 7.33. The predicted molar refractivity (Wildman–Crippen MR) is 115 cm³/mol. The Balaban J connectivity index is 1.52. The van der Waals surface area contributed by atoms with Gasteiger partial charge in [0.25, 0.3) is 0 Å². The number of anilines is 2. The summed E-state index contributed by atoms with van der Waals surface area (Å²) in [5.41, 5.74) is 5.70. The van der Waals surface area contributed by atoms with Crippen LogP contribution in [0.3, 0.4) is 0 Å². The van der Waals surface area contributed by atoms with E-state index >= 15 is 0 Å². The highest BCUT2D eigenvalue weighted by Crippen LogP contribution is 2.33. The second kappa shape index (κ2) is 7.76. The van der Waals surface area contributed by atoms with Gasteiger partial charge in [-0.25, -0.2) is 8.91 Å². The van der Waals surface area contributed by atoms with E-state index in [0.29, 0.717) is 22.9 Å². The van der Waals surface area contributed by atoms with Gasteiger partial charge >= 0.3 is 0 Å². The smallest absolute Gasteiger partial charge is 0.247 e. The van der Waals surface area contributed by atoms with Gasteiger partial charge in [-0.2, -0.15) is 4.98 Å². The maximum Gasteiger partial charge on any atom is 0.247 e. The van der Waals surface area contributed by atoms with Gasteiger partial charge < -0.3 is 15.4 Å². The summed E-state index contributed by atoms with van der Waals surface area (Å²) in [5, 5.41) is 11.3. The van der Waals surface area contributed by atoms with Crippen LogP contribution in [0.4, 0.5) is 16.0 Å².